The maximum absolute atomic E-state index is 6.34. The van der Waals surface area contributed by atoms with Crippen LogP contribution in [0.4, 0.5) is 0 Å². The van der Waals surface area contributed by atoms with Crippen molar-refractivity contribution in [2.45, 2.75) is 31.7 Å². The number of rotatable bonds is 1. The van der Waals surface area contributed by atoms with Crippen LogP contribution in [0.15, 0.2) is 4.52 Å². The van der Waals surface area contributed by atoms with Crippen molar-refractivity contribution in [3.63, 3.8) is 0 Å². The highest BCUT2D eigenvalue weighted by Crippen LogP contribution is 2.27. The van der Waals surface area contributed by atoms with Gasteiger partial charge in [-0.15, -0.1) is 0 Å². The van der Waals surface area contributed by atoms with E-state index in [2.05, 4.69) is 22.1 Å². The Labute approximate surface area is 89.6 Å². The zero-order valence-electron chi connectivity index (χ0n) is 9.36. The number of likely N-dealkylation sites (tertiary alicyclic amines) is 1. The third kappa shape index (κ3) is 2.18. The zero-order valence-corrected chi connectivity index (χ0v) is 9.36. The number of hydrogen-bond donors (Lipinski definition) is 1. The molecule has 1 atom stereocenters. The summed E-state index contributed by atoms with van der Waals surface area (Å²) in [5.41, 5.74) is 5.94. The number of nitrogens with two attached hydrogens (primary N) is 1. The van der Waals surface area contributed by atoms with Gasteiger partial charge in [-0.3, -0.25) is 0 Å². The average molecular weight is 210 g/mol. The monoisotopic (exact) mass is 210 g/mol. The maximum atomic E-state index is 6.34. The van der Waals surface area contributed by atoms with E-state index >= 15 is 0 Å². The van der Waals surface area contributed by atoms with E-state index in [9.17, 15) is 0 Å². The summed E-state index contributed by atoms with van der Waals surface area (Å²) in [5.74, 6) is 1.25. The number of hydrogen-bond acceptors (Lipinski definition) is 5. The molecule has 84 valence electrons. The summed E-state index contributed by atoms with van der Waals surface area (Å²) in [6.07, 6.45) is 2.90. The van der Waals surface area contributed by atoms with Crippen molar-refractivity contribution in [3.8, 4) is 0 Å². The minimum absolute atomic E-state index is 0.400. The van der Waals surface area contributed by atoms with Gasteiger partial charge in [0, 0.05) is 13.5 Å². The van der Waals surface area contributed by atoms with Gasteiger partial charge in [-0.1, -0.05) is 5.16 Å². The van der Waals surface area contributed by atoms with Crippen LogP contribution in [0.5, 0.6) is 0 Å². The van der Waals surface area contributed by atoms with Crippen LogP contribution >= 0.6 is 0 Å². The highest BCUT2D eigenvalue weighted by atomic mass is 16.5. The molecule has 1 fully saturated rings. The van der Waals surface area contributed by atoms with Crippen LogP contribution in [0.3, 0.4) is 0 Å². The molecule has 2 rings (SSSR count). The summed E-state index contributed by atoms with van der Waals surface area (Å²) in [6, 6.07) is 0. The molecule has 0 amide bonds. The number of aryl methyl sites for hydroxylation is 1. The van der Waals surface area contributed by atoms with Crippen molar-refractivity contribution in [2.75, 3.05) is 20.1 Å². The standard InChI is InChI=1S/C10H18N4O/c1-8-12-9(13-15-8)10(11)4-3-6-14(2)7-5-10/h3-7,11H2,1-2H3. The van der Waals surface area contributed by atoms with Crippen molar-refractivity contribution >= 4 is 0 Å². The van der Waals surface area contributed by atoms with E-state index in [1.165, 1.54) is 0 Å². The number of nitrogens with zero attached hydrogens (tertiary/aromatic N) is 3. The normalized spacial score (nSPS) is 29.0. The Balaban J connectivity index is 2.18. The van der Waals surface area contributed by atoms with E-state index in [4.69, 9.17) is 10.3 Å². The molecule has 5 heteroatoms. The molecule has 1 unspecified atom stereocenters. The third-order valence-electron chi connectivity index (χ3n) is 3.08. The molecule has 0 aromatic carbocycles. The topological polar surface area (TPSA) is 68.2 Å². The molecule has 0 radical (unpaired) electrons. The lowest BCUT2D eigenvalue weighted by molar-refractivity contribution is 0.310. The van der Waals surface area contributed by atoms with Crippen LogP contribution in [0.2, 0.25) is 0 Å². The Bertz CT molecular complexity index is 338. The Hall–Kier alpha value is -0.940. The summed E-state index contributed by atoms with van der Waals surface area (Å²) < 4.78 is 5.00. The van der Waals surface area contributed by atoms with Gasteiger partial charge in [-0.05, 0) is 32.9 Å². The van der Waals surface area contributed by atoms with Gasteiger partial charge >= 0.3 is 0 Å². The highest BCUT2D eigenvalue weighted by molar-refractivity contribution is 5.04. The lowest BCUT2D eigenvalue weighted by Gasteiger charge is -2.23. The first kappa shape index (κ1) is 10.6. The molecule has 1 aliphatic rings. The van der Waals surface area contributed by atoms with Crippen molar-refractivity contribution in [2.24, 2.45) is 5.73 Å². The fraction of sp³-hybridized carbons (Fsp3) is 0.800. The van der Waals surface area contributed by atoms with Gasteiger partial charge in [-0.25, -0.2) is 0 Å². The number of aromatic nitrogens is 2. The second-order valence-corrected chi connectivity index (χ2v) is 4.45. The molecule has 2 N–H and O–H groups in total. The van der Waals surface area contributed by atoms with E-state index in [1.807, 2.05) is 0 Å². The quantitative estimate of drug-likeness (QED) is 0.737. The molecule has 15 heavy (non-hydrogen) atoms. The molecule has 1 aromatic heterocycles. The zero-order chi connectivity index (χ0) is 10.9. The minimum atomic E-state index is -0.400. The van der Waals surface area contributed by atoms with E-state index in [1.54, 1.807) is 6.92 Å². The van der Waals surface area contributed by atoms with Crippen LogP contribution < -0.4 is 5.73 Å². The largest absolute Gasteiger partial charge is 0.340 e. The van der Waals surface area contributed by atoms with Gasteiger partial charge in [0.2, 0.25) is 5.89 Å². The molecule has 1 saturated heterocycles. The Morgan fingerprint density at radius 1 is 1.40 bits per heavy atom. The first-order valence-electron chi connectivity index (χ1n) is 5.38. The summed E-state index contributed by atoms with van der Waals surface area (Å²) >= 11 is 0. The highest BCUT2D eigenvalue weighted by Gasteiger charge is 2.33. The molecule has 2 heterocycles. The van der Waals surface area contributed by atoms with Crippen LogP contribution in [-0.2, 0) is 5.54 Å². The average Bonchev–Trinajstić information content (AvgIpc) is 2.55. The van der Waals surface area contributed by atoms with E-state index in [0.29, 0.717) is 11.7 Å². The van der Waals surface area contributed by atoms with E-state index in [-0.39, 0.29) is 0 Å². The minimum Gasteiger partial charge on any atom is -0.340 e. The van der Waals surface area contributed by atoms with Crippen molar-refractivity contribution in [1.29, 1.82) is 0 Å². The molecule has 1 aromatic rings. The predicted octanol–water partition coefficient (Wildman–Crippen LogP) is 0.648. The molecule has 5 nitrogen and oxygen atoms in total. The SMILES string of the molecule is Cc1nc(C2(N)CCCN(C)CC2)no1. The summed E-state index contributed by atoms with van der Waals surface area (Å²) in [7, 11) is 2.12. The van der Waals surface area contributed by atoms with Gasteiger partial charge in [-0.2, -0.15) is 4.98 Å². The molecule has 0 aliphatic carbocycles. The second kappa shape index (κ2) is 3.90. The van der Waals surface area contributed by atoms with Crippen molar-refractivity contribution in [3.05, 3.63) is 11.7 Å². The Kier molecular flexibility index (Phi) is 2.75. The van der Waals surface area contributed by atoms with Crippen LogP contribution in [0, 0.1) is 6.92 Å². The summed E-state index contributed by atoms with van der Waals surface area (Å²) in [6.45, 7) is 3.88. The van der Waals surface area contributed by atoms with Gasteiger partial charge in [0.1, 0.15) is 0 Å². The summed E-state index contributed by atoms with van der Waals surface area (Å²) in [5, 5.41) is 3.95. The molecule has 1 aliphatic heterocycles. The van der Waals surface area contributed by atoms with Crippen LogP contribution in [0.25, 0.3) is 0 Å². The third-order valence-corrected chi connectivity index (χ3v) is 3.08. The fourth-order valence-corrected chi connectivity index (χ4v) is 2.02. The van der Waals surface area contributed by atoms with Crippen molar-refractivity contribution < 1.29 is 4.52 Å². The Morgan fingerprint density at radius 2 is 2.20 bits per heavy atom. The first-order valence-corrected chi connectivity index (χ1v) is 5.38. The fourth-order valence-electron chi connectivity index (χ4n) is 2.02. The molecular formula is C10H18N4O. The van der Waals surface area contributed by atoms with E-state index < -0.39 is 5.54 Å². The molecule has 0 saturated carbocycles. The Morgan fingerprint density at radius 3 is 2.87 bits per heavy atom. The lowest BCUT2D eigenvalue weighted by atomic mass is 9.91. The predicted molar refractivity (Wildman–Crippen MR) is 56.2 cm³/mol. The van der Waals surface area contributed by atoms with Gasteiger partial charge in [0.05, 0.1) is 5.54 Å². The summed E-state index contributed by atoms with van der Waals surface area (Å²) in [4.78, 5) is 6.54. The second-order valence-electron chi connectivity index (χ2n) is 4.45. The maximum Gasteiger partial charge on any atom is 0.223 e. The van der Waals surface area contributed by atoms with Crippen molar-refractivity contribution in [1.82, 2.24) is 15.0 Å². The molecule has 0 bridgehead atoms. The smallest absolute Gasteiger partial charge is 0.223 e. The first-order chi connectivity index (χ1) is 7.10. The van der Waals surface area contributed by atoms with Gasteiger partial charge in [0.25, 0.3) is 0 Å². The van der Waals surface area contributed by atoms with Crippen LogP contribution in [-0.4, -0.2) is 35.2 Å². The van der Waals surface area contributed by atoms with Gasteiger partial charge < -0.3 is 15.2 Å². The molecule has 0 spiro atoms. The van der Waals surface area contributed by atoms with Gasteiger partial charge in [0.15, 0.2) is 5.82 Å². The van der Waals surface area contributed by atoms with Crippen LogP contribution in [0.1, 0.15) is 31.0 Å². The lowest BCUT2D eigenvalue weighted by Crippen LogP contribution is -2.38. The molecular weight excluding hydrogens is 192 g/mol. The van der Waals surface area contributed by atoms with E-state index in [0.717, 1.165) is 32.4 Å².